The number of carbonyl (C=O) groups is 1. The van der Waals surface area contributed by atoms with Gasteiger partial charge in [-0.25, -0.2) is 4.98 Å². The number of hydrogen-bond acceptors (Lipinski definition) is 5. The van der Waals surface area contributed by atoms with E-state index in [0.717, 1.165) is 45.5 Å². The molecule has 5 nitrogen and oxygen atoms in total. The van der Waals surface area contributed by atoms with E-state index >= 15 is 0 Å². The molecular formula is C20H22N2O3S. The number of fused-ring (bicyclic) bond motifs is 1. The van der Waals surface area contributed by atoms with E-state index in [9.17, 15) is 4.79 Å². The number of hydrogen-bond donors (Lipinski definition) is 2. The number of anilines is 1. The van der Waals surface area contributed by atoms with Crippen molar-refractivity contribution in [2.75, 3.05) is 12.3 Å². The van der Waals surface area contributed by atoms with Gasteiger partial charge in [0.15, 0.2) is 5.13 Å². The maximum absolute atomic E-state index is 10.9. The Labute approximate surface area is 156 Å². The second kappa shape index (κ2) is 8.19. The largest absolute Gasteiger partial charge is 0.493 e. The highest BCUT2D eigenvalue weighted by atomic mass is 32.1. The van der Waals surface area contributed by atoms with Crippen LogP contribution in [-0.2, 0) is 11.2 Å². The molecule has 1 aromatic heterocycles. The highest BCUT2D eigenvalue weighted by Crippen LogP contribution is 2.35. The van der Waals surface area contributed by atoms with Gasteiger partial charge < -0.3 is 15.6 Å². The molecule has 0 saturated heterocycles. The van der Waals surface area contributed by atoms with Crippen molar-refractivity contribution in [3.63, 3.8) is 0 Å². The van der Waals surface area contributed by atoms with Crippen LogP contribution in [0.3, 0.4) is 0 Å². The van der Waals surface area contributed by atoms with E-state index < -0.39 is 5.97 Å². The van der Waals surface area contributed by atoms with E-state index in [1.807, 2.05) is 30.3 Å². The van der Waals surface area contributed by atoms with E-state index in [-0.39, 0.29) is 6.42 Å². The molecule has 26 heavy (non-hydrogen) atoms. The van der Waals surface area contributed by atoms with Gasteiger partial charge >= 0.3 is 5.97 Å². The van der Waals surface area contributed by atoms with Crippen molar-refractivity contribution >= 4 is 32.7 Å². The minimum Gasteiger partial charge on any atom is -0.493 e. The summed E-state index contributed by atoms with van der Waals surface area (Å²) in [6, 6.07) is 11.9. The van der Waals surface area contributed by atoms with Gasteiger partial charge in [-0.05, 0) is 48.2 Å². The molecule has 1 heterocycles. The lowest BCUT2D eigenvalue weighted by Gasteiger charge is -2.13. The standard InChI is InChI=1S/C20H22N2O3S/c1-2-3-10-25-17-8-4-13(5-9-19(23)24)11-15(17)14-6-7-16-18(12-14)26-20(21)22-16/h4,6-8,11-12H,2-3,5,9-10H2,1H3,(H2,21,22)(H,23,24). The van der Waals surface area contributed by atoms with E-state index in [2.05, 4.69) is 18.0 Å². The number of carboxylic acids is 1. The zero-order chi connectivity index (χ0) is 18.5. The van der Waals surface area contributed by atoms with Gasteiger partial charge in [-0.2, -0.15) is 0 Å². The maximum atomic E-state index is 10.9. The molecule has 0 aliphatic heterocycles. The summed E-state index contributed by atoms with van der Waals surface area (Å²) < 4.78 is 7.00. The smallest absolute Gasteiger partial charge is 0.303 e. The molecular weight excluding hydrogens is 348 g/mol. The molecule has 3 rings (SSSR count). The first-order valence-corrected chi connectivity index (χ1v) is 9.52. The molecule has 6 heteroatoms. The van der Waals surface area contributed by atoms with Gasteiger partial charge in [0.05, 0.1) is 16.8 Å². The summed E-state index contributed by atoms with van der Waals surface area (Å²) in [5.41, 5.74) is 9.66. The zero-order valence-electron chi connectivity index (χ0n) is 14.7. The van der Waals surface area contributed by atoms with Gasteiger partial charge in [0, 0.05) is 12.0 Å². The molecule has 136 valence electrons. The quantitative estimate of drug-likeness (QED) is 0.559. The predicted octanol–water partition coefficient (Wildman–Crippen LogP) is 4.74. The second-order valence-corrected chi connectivity index (χ2v) is 7.22. The first-order chi connectivity index (χ1) is 12.6. The highest BCUT2D eigenvalue weighted by molar-refractivity contribution is 7.22. The van der Waals surface area contributed by atoms with E-state index in [0.29, 0.717) is 18.2 Å². The fourth-order valence-corrected chi connectivity index (χ4v) is 3.55. The molecule has 0 unspecified atom stereocenters. The van der Waals surface area contributed by atoms with Crippen molar-refractivity contribution in [2.24, 2.45) is 0 Å². The fourth-order valence-electron chi connectivity index (χ4n) is 2.77. The average molecular weight is 370 g/mol. The van der Waals surface area contributed by atoms with Gasteiger partial charge in [0.25, 0.3) is 0 Å². The number of aromatic nitrogens is 1. The molecule has 0 aliphatic rings. The van der Waals surface area contributed by atoms with E-state index in [4.69, 9.17) is 15.6 Å². The molecule has 0 aliphatic carbocycles. The highest BCUT2D eigenvalue weighted by Gasteiger charge is 2.11. The molecule has 3 aromatic rings. The third-order valence-corrected chi connectivity index (χ3v) is 4.99. The summed E-state index contributed by atoms with van der Waals surface area (Å²) in [5, 5.41) is 9.49. The van der Waals surface area contributed by atoms with Crippen molar-refractivity contribution in [1.82, 2.24) is 4.98 Å². The molecule has 0 fully saturated rings. The topological polar surface area (TPSA) is 85.4 Å². The number of carboxylic acid groups (broad SMARTS) is 1. The summed E-state index contributed by atoms with van der Waals surface area (Å²) in [4.78, 5) is 15.2. The minimum absolute atomic E-state index is 0.111. The third-order valence-electron chi connectivity index (χ3n) is 4.14. The lowest BCUT2D eigenvalue weighted by Crippen LogP contribution is -2.01. The monoisotopic (exact) mass is 370 g/mol. The second-order valence-electron chi connectivity index (χ2n) is 6.16. The van der Waals surface area contributed by atoms with Gasteiger partial charge in [-0.3, -0.25) is 4.79 Å². The molecule has 0 bridgehead atoms. The van der Waals surface area contributed by atoms with Gasteiger partial charge in [-0.15, -0.1) is 0 Å². The molecule has 0 atom stereocenters. The van der Waals surface area contributed by atoms with Crippen molar-refractivity contribution in [2.45, 2.75) is 32.6 Å². The molecule has 2 aromatic carbocycles. The molecule has 0 radical (unpaired) electrons. The number of thiazole rings is 1. The maximum Gasteiger partial charge on any atom is 0.303 e. The van der Waals surface area contributed by atoms with Crippen LogP contribution >= 0.6 is 11.3 Å². The van der Waals surface area contributed by atoms with Crippen LogP contribution in [0.2, 0.25) is 0 Å². The minimum atomic E-state index is -0.795. The van der Waals surface area contributed by atoms with Gasteiger partial charge in [0.2, 0.25) is 0 Å². The number of rotatable bonds is 8. The van der Waals surface area contributed by atoms with E-state index in [1.165, 1.54) is 11.3 Å². The van der Waals surface area contributed by atoms with Gasteiger partial charge in [0.1, 0.15) is 5.75 Å². The number of nitrogen functional groups attached to an aromatic ring is 1. The van der Waals surface area contributed by atoms with Crippen molar-refractivity contribution < 1.29 is 14.6 Å². The number of nitrogens with zero attached hydrogens (tertiary/aromatic N) is 1. The fraction of sp³-hybridized carbons (Fsp3) is 0.300. The van der Waals surface area contributed by atoms with Gasteiger partial charge in [-0.1, -0.05) is 36.8 Å². The Bertz CT molecular complexity index is 921. The summed E-state index contributed by atoms with van der Waals surface area (Å²) >= 11 is 1.45. The van der Waals surface area contributed by atoms with Crippen LogP contribution in [0.1, 0.15) is 31.7 Å². The third kappa shape index (κ3) is 4.32. The van der Waals surface area contributed by atoms with Crippen molar-refractivity contribution in [1.29, 1.82) is 0 Å². The molecule has 0 amide bonds. The first-order valence-electron chi connectivity index (χ1n) is 8.70. The van der Waals surface area contributed by atoms with E-state index in [1.54, 1.807) is 0 Å². The van der Waals surface area contributed by atoms with Crippen molar-refractivity contribution in [3.05, 3.63) is 42.0 Å². The van der Waals surface area contributed by atoms with Crippen LogP contribution < -0.4 is 10.5 Å². The average Bonchev–Trinajstić information content (AvgIpc) is 3.00. The number of benzene rings is 2. The predicted molar refractivity (Wildman–Crippen MR) is 106 cm³/mol. The molecule has 3 N–H and O–H groups in total. The molecule has 0 spiro atoms. The Morgan fingerprint density at radius 1 is 1.27 bits per heavy atom. The van der Waals surface area contributed by atoms with Crippen LogP contribution in [0.4, 0.5) is 5.13 Å². The summed E-state index contributed by atoms with van der Waals surface area (Å²) in [7, 11) is 0. The Hall–Kier alpha value is -2.60. The number of unbranched alkanes of at least 4 members (excludes halogenated alkanes) is 1. The van der Waals surface area contributed by atoms with Crippen LogP contribution in [0, 0.1) is 0 Å². The number of ether oxygens (including phenoxy) is 1. The van der Waals surface area contributed by atoms with Crippen LogP contribution in [0.25, 0.3) is 21.3 Å². The SMILES string of the molecule is CCCCOc1ccc(CCC(=O)O)cc1-c1ccc2nc(N)sc2c1. The lowest BCUT2D eigenvalue weighted by atomic mass is 9.99. The zero-order valence-corrected chi connectivity index (χ0v) is 15.5. The Balaban J connectivity index is 1.98. The molecule has 0 saturated carbocycles. The van der Waals surface area contributed by atoms with Crippen LogP contribution in [-0.4, -0.2) is 22.7 Å². The summed E-state index contributed by atoms with van der Waals surface area (Å²) in [5.74, 6) is 0.0192. The Kier molecular flexibility index (Phi) is 5.73. The summed E-state index contributed by atoms with van der Waals surface area (Å²) in [6.07, 6.45) is 2.66. The van der Waals surface area contributed by atoms with Crippen LogP contribution in [0.15, 0.2) is 36.4 Å². The Morgan fingerprint density at radius 3 is 2.88 bits per heavy atom. The normalized spacial score (nSPS) is 11.0. The number of aryl methyl sites for hydroxylation is 1. The van der Waals surface area contributed by atoms with Crippen LogP contribution in [0.5, 0.6) is 5.75 Å². The first kappa shape index (κ1) is 18.2. The summed E-state index contributed by atoms with van der Waals surface area (Å²) in [6.45, 7) is 2.79. The Morgan fingerprint density at radius 2 is 2.12 bits per heavy atom. The number of nitrogens with two attached hydrogens (primary N) is 1. The lowest BCUT2D eigenvalue weighted by molar-refractivity contribution is -0.136. The number of aliphatic carboxylic acids is 1. The van der Waals surface area contributed by atoms with Crippen molar-refractivity contribution in [3.8, 4) is 16.9 Å².